The molecule has 0 bridgehead atoms. The molecule has 3 rings (SSSR count). The van der Waals surface area contributed by atoms with Crippen LogP contribution in [0.2, 0.25) is 5.02 Å². The van der Waals surface area contributed by atoms with Gasteiger partial charge < -0.3 is 4.42 Å². The van der Waals surface area contributed by atoms with Crippen molar-refractivity contribution >= 4 is 34.7 Å². The van der Waals surface area contributed by atoms with E-state index in [9.17, 15) is 0 Å². The summed E-state index contributed by atoms with van der Waals surface area (Å²) in [7, 11) is 0. The Kier molecular flexibility index (Phi) is 4.00. The predicted octanol–water partition coefficient (Wildman–Crippen LogP) is 3.84. The average molecular weight is 325 g/mol. The van der Waals surface area contributed by atoms with Crippen molar-refractivity contribution in [3.63, 3.8) is 0 Å². The van der Waals surface area contributed by atoms with Crippen LogP contribution in [0.1, 0.15) is 10.9 Å². The summed E-state index contributed by atoms with van der Waals surface area (Å²) < 4.78 is 6.50. The smallest absolute Gasteiger partial charge is 0.247 e. The summed E-state index contributed by atoms with van der Waals surface area (Å²) in [6.07, 6.45) is 0. The van der Waals surface area contributed by atoms with E-state index in [0.717, 1.165) is 14.9 Å². The summed E-state index contributed by atoms with van der Waals surface area (Å²) in [6, 6.07) is 7.32. The molecule has 1 aromatic carbocycles. The quantitative estimate of drug-likeness (QED) is 0.679. The first-order valence-corrected chi connectivity index (χ1v) is 7.90. The first-order valence-electron chi connectivity index (χ1n) is 5.72. The van der Waals surface area contributed by atoms with Crippen molar-refractivity contribution in [1.82, 2.24) is 20.4 Å². The van der Waals surface area contributed by atoms with Crippen LogP contribution in [-0.4, -0.2) is 20.4 Å². The number of halogens is 1. The predicted molar refractivity (Wildman–Crippen MR) is 79.0 cm³/mol. The molecule has 0 saturated carbocycles. The second-order valence-electron chi connectivity index (χ2n) is 3.89. The van der Waals surface area contributed by atoms with Gasteiger partial charge in [0, 0.05) is 10.6 Å². The SMILES string of the molecule is Cc1nnc(SCc2nnc(-c3cccc(Cl)c3)o2)s1. The van der Waals surface area contributed by atoms with Crippen LogP contribution in [0.15, 0.2) is 33.0 Å². The number of rotatable bonds is 4. The lowest BCUT2D eigenvalue weighted by molar-refractivity contribution is 0.528. The zero-order chi connectivity index (χ0) is 13.9. The Morgan fingerprint density at radius 3 is 2.90 bits per heavy atom. The molecule has 3 aromatic rings. The Balaban J connectivity index is 1.70. The van der Waals surface area contributed by atoms with Crippen molar-refractivity contribution in [1.29, 1.82) is 0 Å². The first kappa shape index (κ1) is 13.5. The minimum Gasteiger partial charge on any atom is -0.420 e. The molecule has 0 aliphatic carbocycles. The Morgan fingerprint density at radius 1 is 1.25 bits per heavy atom. The van der Waals surface area contributed by atoms with E-state index >= 15 is 0 Å². The molecule has 0 fully saturated rings. The van der Waals surface area contributed by atoms with Gasteiger partial charge in [0.15, 0.2) is 4.34 Å². The van der Waals surface area contributed by atoms with Gasteiger partial charge in [-0.2, -0.15) is 0 Å². The van der Waals surface area contributed by atoms with Gasteiger partial charge in [0.1, 0.15) is 5.01 Å². The van der Waals surface area contributed by atoms with Crippen molar-refractivity contribution in [3.05, 3.63) is 40.2 Å². The van der Waals surface area contributed by atoms with E-state index in [1.807, 2.05) is 19.1 Å². The standard InChI is InChI=1S/C12H9ClN4OS2/c1-7-14-17-12(20-7)19-6-10-15-16-11(18-10)8-3-2-4-9(13)5-8/h2-5H,6H2,1H3. The molecule has 8 heteroatoms. The molecule has 2 heterocycles. The maximum Gasteiger partial charge on any atom is 0.247 e. The maximum atomic E-state index is 5.94. The highest BCUT2D eigenvalue weighted by Crippen LogP contribution is 2.27. The molecular weight excluding hydrogens is 316 g/mol. The minimum atomic E-state index is 0.469. The van der Waals surface area contributed by atoms with Gasteiger partial charge in [0.25, 0.3) is 0 Å². The molecule has 102 valence electrons. The Morgan fingerprint density at radius 2 is 2.15 bits per heavy atom. The molecule has 2 aromatic heterocycles. The van der Waals surface area contributed by atoms with Crippen LogP contribution in [0.5, 0.6) is 0 Å². The van der Waals surface area contributed by atoms with Crippen LogP contribution in [0.25, 0.3) is 11.5 Å². The molecule has 0 aliphatic heterocycles. The molecule has 20 heavy (non-hydrogen) atoms. The van der Waals surface area contributed by atoms with E-state index in [1.54, 1.807) is 23.5 Å². The fourth-order valence-electron chi connectivity index (χ4n) is 1.51. The van der Waals surface area contributed by atoms with Crippen molar-refractivity contribution in [2.24, 2.45) is 0 Å². The van der Waals surface area contributed by atoms with E-state index in [2.05, 4.69) is 20.4 Å². The summed E-state index contributed by atoms with van der Waals surface area (Å²) >= 11 is 9.01. The normalized spacial score (nSPS) is 10.9. The largest absolute Gasteiger partial charge is 0.420 e. The van der Waals surface area contributed by atoms with Crippen molar-refractivity contribution in [2.45, 2.75) is 17.0 Å². The second-order valence-corrected chi connectivity index (χ2v) is 6.73. The molecule has 0 radical (unpaired) electrons. The summed E-state index contributed by atoms with van der Waals surface area (Å²) in [5, 5.41) is 17.6. The lowest BCUT2D eigenvalue weighted by atomic mass is 10.2. The Bertz CT molecular complexity index is 728. The van der Waals surface area contributed by atoms with Crippen LogP contribution >= 0.6 is 34.7 Å². The van der Waals surface area contributed by atoms with Gasteiger partial charge in [-0.05, 0) is 25.1 Å². The van der Waals surface area contributed by atoms with Crippen LogP contribution in [0.4, 0.5) is 0 Å². The molecule has 0 atom stereocenters. The van der Waals surface area contributed by atoms with E-state index in [0.29, 0.717) is 22.6 Å². The van der Waals surface area contributed by atoms with E-state index in [1.165, 1.54) is 11.8 Å². The van der Waals surface area contributed by atoms with Crippen LogP contribution in [-0.2, 0) is 5.75 Å². The van der Waals surface area contributed by atoms with Crippen LogP contribution in [0, 0.1) is 6.92 Å². The Hall–Kier alpha value is -1.44. The minimum absolute atomic E-state index is 0.469. The summed E-state index contributed by atoms with van der Waals surface area (Å²) in [5.74, 6) is 1.59. The molecule has 0 spiro atoms. The first-order chi connectivity index (χ1) is 9.70. The van der Waals surface area contributed by atoms with E-state index in [-0.39, 0.29) is 0 Å². The van der Waals surface area contributed by atoms with Crippen molar-refractivity contribution < 1.29 is 4.42 Å². The van der Waals surface area contributed by atoms with Crippen LogP contribution < -0.4 is 0 Å². The number of thioether (sulfide) groups is 1. The van der Waals surface area contributed by atoms with Crippen molar-refractivity contribution in [3.8, 4) is 11.5 Å². The fraction of sp³-hybridized carbons (Fsp3) is 0.167. The lowest BCUT2D eigenvalue weighted by Gasteiger charge is -1.94. The summed E-state index contributed by atoms with van der Waals surface area (Å²) in [6.45, 7) is 1.92. The number of nitrogens with zero attached hydrogens (tertiary/aromatic N) is 4. The van der Waals surface area contributed by atoms with Gasteiger partial charge in [0.2, 0.25) is 11.8 Å². The lowest BCUT2D eigenvalue weighted by Crippen LogP contribution is -1.80. The van der Waals surface area contributed by atoms with Gasteiger partial charge in [0.05, 0.1) is 5.75 Å². The monoisotopic (exact) mass is 324 g/mol. The second kappa shape index (κ2) is 5.90. The molecule has 5 nitrogen and oxygen atoms in total. The molecular formula is C12H9ClN4OS2. The van der Waals surface area contributed by atoms with Gasteiger partial charge >= 0.3 is 0 Å². The molecule has 0 amide bonds. The average Bonchev–Trinajstić information content (AvgIpc) is 3.05. The third kappa shape index (κ3) is 3.17. The number of hydrogen-bond donors (Lipinski definition) is 0. The third-order valence-corrected chi connectivity index (χ3v) is 4.56. The van der Waals surface area contributed by atoms with Gasteiger partial charge in [-0.1, -0.05) is 40.8 Å². The topological polar surface area (TPSA) is 64.7 Å². The van der Waals surface area contributed by atoms with Gasteiger partial charge in [-0.3, -0.25) is 0 Å². The number of benzene rings is 1. The van der Waals surface area contributed by atoms with Crippen LogP contribution in [0.3, 0.4) is 0 Å². The van der Waals surface area contributed by atoms with E-state index < -0.39 is 0 Å². The molecule has 0 saturated heterocycles. The van der Waals surface area contributed by atoms with Gasteiger partial charge in [-0.25, -0.2) is 0 Å². The highest BCUT2D eigenvalue weighted by atomic mass is 35.5. The molecule has 0 aliphatic rings. The molecule has 0 N–H and O–H groups in total. The zero-order valence-corrected chi connectivity index (χ0v) is 12.8. The van der Waals surface area contributed by atoms with Gasteiger partial charge in [-0.15, -0.1) is 20.4 Å². The summed E-state index contributed by atoms with van der Waals surface area (Å²) in [5.41, 5.74) is 0.813. The third-order valence-electron chi connectivity index (χ3n) is 2.37. The number of aryl methyl sites for hydroxylation is 1. The fourth-order valence-corrected chi connectivity index (χ4v) is 3.35. The summed E-state index contributed by atoms with van der Waals surface area (Å²) in [4.78, 5) is 0. The number of aromatic nitrogens is 4. The highest BCUT2D eigenvalue weighted by molar-refractivity contribution is 8.00. The van der Waals surface area contributed by atoms with E-state index in [4.69, 9.17) is 16.0 Å². The maximum absolute atomic E-state index is 5.94. The number of hydrogen-bond acceptors (Lipinski definition) is 7. The Labute approximate surface area is 128 Å². The zero-order valence-electron chi connectivity index (χ0n) is 10.4. The highest BCUT2D eigenvalue weighted by Gasteiger charge is 2.10. The molecule has 0 unspecified atom stereocenters. The van der Waals surface area contributed by atoms with Crippen molar-refractivity contribution in [2.75, 3.05) is 0 Å².